The Morgan fingerprint density at radius 1 is 0.900 bits per heavy atom. The Balaban J connectivity index is 2.19. The van der Waals surface area contributed by atoms with E-state index in [1.54, 1.807) is 20.8 Å². The number of carbonyl (C=O) groups is 2. The quantitative estimate of drug-likeness (QED) is 0.116. The Kier molecular flexibility index (Phi) is 13.9. The molecule has 0 aliphatic carbocycles. The van der Waals surface area contributed by atoms with E-state index in [1.807, 2.05) is 27.7 Å². The molecule has 3 saturated heterocycles. The van der Waals surface area contributed by atoms with Crippen LogP contribution in [0.15, 0.2) is 5.11 Å². The second-order valence-electron chi connectivity index (χ2n) is 16.4. The summed E-state index contributed by atoms with van der Waals surface area (Å²) in [5.74, 6) is -5.65. The molecule has 3 rings (SSSR count). The Bertz CT molecular complexity index is 1230. The van der Waals surface area contributed by atoms with E-state index in [-0.39, 0.29) is 24.9 Å². The van der Waals surface area contributed by atoms with Gasteiger partial charge in [-0.2, -0.15) is 0 Å². The zero-order valence-corrected chi connectivity index (χ0v) is 31.4. The molecule has 0 aromatic carbocycles. The van der Waals surface area contributed by atoms with Gasteiger partial charge in [-0.1, -0.05) is 46.7 Å². The van der Waals surface area contributed by atoms with Crippen molar-refractivity contribution in [1.29, 1.82) is 0 Å². The largest absolute Gasteiger partial charge is 0.459 e. The van der Waals surface area contributed by atoms with Gasteiger partial charge in [0.15, 0.2) is 12.6 Å². The van der Waals surface area contributed by atoms with Gasteiger partial charge in [0.1, 0.15) is 23.6 Å². The fourth-order valence-electron chi connectivity index (χ4n) is 8.03. The SMILES string of the molecule is CC1CC(C)C(O)C(O[C@@H]2[C@@H](C)[C@H](OC3CC(C)(C)C(O)C(C)O3)[C@@H](C)C(=O)O[C@H](CN=[N+]=[N-])[C@@](C)(O)[C@H](O)[C@@H](C)C(=O)[C@H](C)C[C@@]2(C)O)O1. The Morgan fingerprint density at radius 3 is 2.10 bits per heavy atom. The van der Waals surface area contributed by atoms with Crippen molar-refractivity contribution in [3.63, 3.8) is 0 Å². The number of ketones is 1. The maximum Gasteiger partial charge on any atom is 0.311 e. The molecule has 15 heteroatoms. The van der Waals surface area contributed by atoms with Crippen molar-refractivity contribution in [3.8, 4) is 0 Å². The summed E-state index contributed by atoms with van der Waals surface area (Å²) in [6, 6.07) is 0. The summed E-state index contributed by atoms with van der Waals surface area (Å²) in [6.07, 6.45) is -9.82. The number of aliphatic hydroxyl groups is 5. The molecule has 3 aliphatic rings. The third kappa shape index (κ3) is 9.35. The van der Waals surface area contributed by atoms with Crippen LogP contribution in [0.25, 0.3) is 10.4 Å². The molecule has 288 valence electrons. The third-order valence-electron chi connectivity index (χ3n) is 11.2. The van der Waals surface area contributed by atoms with Crippen molar-refractivity contribution < 1.29 is 58.8 Å². The molecule has 5 N–H and O–H groups in total. The fourth-order valence-corrected chi connectivity index (χ4v) is 8.03. The summed E-state index contributed by atoms with van der Waals surface area (Å²) < 4.78 is 31.0. The number of azide groups is 1. The van der Waals surface area contributed by atoms with Crippen LogP contribution in [0.5, 0.6) is 0 Å². The van der Waals surface area contributed by atoms with Crippen molar-refractivity contribution in [3.05, 3.63) is 10.4 Å². The minimum absolute atomic E-state index is 0.169. The van der Waals surface area contributed by atoms with Crippen LogP contribution in [0.2, 0.25) is 0 Å². The first-order valence-corrected chi connectivity index (χ1v) is 17.8. The molecule has 50 heavy (non-hydrogen) atoms. The second-order valence-corrected chi connectivity index (χ2v) is 16.4. The van der Waals surface area contributed by atoms with E-state index < -0.39 is 114 Å². The van der Waals surface area contributed by atoms with Crippen LogP contribution in [0, 0.1) is 35.0 Å². The predicted molar refractivity (Wildman–Crippen MR) is 180 cm³/mol. The van der Waals surface area contributed by atoms with E-state index in [9.17, 15) is 35.1 Å². The first kappa shape index (κ1) is 42.5. The number of carbonyl (C=O) groups excluding carboxylic acids is 2. The van der Waals surface area contributed by atoms with Crippen LogP contribution >= 0.6 is 0 Å². The number of cyclic esters (lactones) is 1. The molecule has 3 fully saturated rings. The van der Waals surface area contributed by atoms with Crippen LogP contribution in [0.3, 0.4) is 0 Å². The molecule has 0 aromatic heterocycles. The summed E-state index contributed by atoms with van der Waals surface area (Å²) in [4.78, 5) is 30.5. The molecular weight excluding hydrogens is 654 g/mol. The zero-order chi connectivity index (χ0) is 38.1. The van der Waals surface area contributed by atoms with Crippen molar-refractivity contribution in [2.45, 2.75) is 168 Å². The molecule has 0 spiro atoms. The van der Waals surface area contributed by atoms with Crippen molar-refractivity contribution in [2.75, 3.05) is 6.54 Å². The van der Waals surface area contributed by atoms with Crippen molar-refractivity contribution >= 4 is 11.8 Å². The highest BCUT2D eigenvalue weighted by molar-refractivity contribution is 5.83. The highest BCUT2D eigenvalue weighted by Gasteiger charge is 2.53. The normalized spacial score (nSPS) is 48.2. The van der Waals surface area contributed by atoms with Crippen LogP contribution in [-0.2, 0) is 33.3 Å². The highest BCUT2D eigenvalue weighted by Crippen LogP contribution is 2.41. The van der Waals surface area contributed by atoms with E-state index in [4.69, 9.17) is 29.2 Å². The number of hydrogen-bond donors (Lipinski definition) is 5. The summed E-state index contributed by atoms with van der Waals surface area (Å²) in [5, 5.41) is 60.6. The molecule has 17 atom stereocenters. The van der Waals surface area contributed by atoms with E-state index in [1.165, 1.54) is 27.7 Å². The number of rotatable bonds is 6. The Labute approximate surface area is 295 Å². The molecule has 0 bridgehead atoms. The van der Waals surface area contributed by atoms with E-state index in [0.717, 1.165) is 0 Å². The lowest BCUT2D eigenvalue weighted by Crippen LogP contribution is -2.60. The summed E-state index contributed by atoms with van der Waals surface area (Å²) in [5.41, 5.74) is 4.40. The minimum Gasteiger partial charge on any atom is -0.459 e. The topological polar surface area (TPSA) is 230 Å². The molecule has 0 radical (unpaired) electrons. The zero-order valence-electron chi connectivity index (χ0n) is 31.4. The number of esters is 1. The lowest BCUT2D eigenvalue weighted by Gasteiger charge is -2.48. The average Bonchev–Trinajstić information content (AvgIpc) is 3.02. The van der Waals surface area contributed by atoms with Crippen LogP contribution in [-0.4, -0.2) is 116 Å². The summed E-state index contributed by atoms with van der Waals surface area (Å²) in [6.45, 7) is 17.6. The van der Waals surface area contributed by atoms with Gasteiger partial charge >= 0.3 is 5.97 Å². The highest BCUT2D eigenvalue weighted by atomic mass is 16.7. The smallest absolute Gasteiger partial charge is 0.311 e. The molecule has 0 saturated carbocycles. The van der Waals surface area contributed by atoms with Gasteiger partial charge in [-0.05, 0) is 64.3 Å². The Hall–Kier alpha value is -1.91. The van der Waals surface area contributed by atoms with Crippen LogP contribution in [0.4, 0.5) is 0 Å². The number of hydrogen-bond acceptors (Lipinski definition) is 13. The number of ether oxygens (including phenoxy) is 5. The van der Waals surface area contributed by atoms with Gasteiger partial charge in [0.2, 0.25) is 0 Å². The van der Waals surface area contributed by atoms with Gasteiger partial charge in [0.05, 0.1) is 54.7 Å². The van der Waals surface area contributed by atoms with E-state index >= 15 is 0 Å². The van der Waals surface area contributed by atoms with Crippen LogP contribution < -0.4 is 0 Å². The van der Waals surface area contributed by atoms with Gasteiger partial charge in [-0.25, -0.2) is 0 Å². The molecule has 0 aromatic rings. The lowest BCUT2D eigenvalue weighted by atomic mass is 9.74. The third-order valence-corrected chi connectivity index (χ3v) is 11.2. The number of Topliss-reactive ketones (excluding diaryl/α,β-unsaturated/α-hetero) is 1. The van der Waals surface area contributed by atoms with E-state index in [2.05, 4.69) is 10.0 Å². The summed E-state index contributed by atoms with van der Waals surface area (Å²) in [7, 11) is 0. The minimum atomic E-state index is -2.23. The predicted octanol–water partition coefficient (Wildman–Crippen LogP) is 3.01. The average molecular weight is 716 g/mol. The van der Waals surface area contributed by atoms with Crippen LogP contribution in [0.1, 0.15) is 95.4 Å². The van der Waals surface area contributed by atoms with Crippen molar-refractivity contribution in [1.82, 2.24) is 0 Å². The maximum atomic E-state index is 14.0. The second kappa shape index (κ2) is 16.4. The monoisotopic (exact) mass is 715 g/mol. The maximum absolute atomic E-state index is 14.0. The van der Waals surface area contributed by atoms with Gasteiger partial charge in [-0.3, -0.25) is 9.59 Å². The first-order chi connectivity index (χ1) is 23.0. The molecule has 3 aliphatic heterocycles. The van der Waals surface area contributed by atoms with Gasteiger partial charge < -0.3 is 49.2 Å². The fraction of sp³-hybridized carbons (Fsp3) is 0.943. The van der Waals surface area contributed by atoms with Gasteiger partial charge in [-0.15, -0.1) is 0 Å². The molecule has 7 unspecified atom stereocenters. The van der Waals surface area contributed by atoms with E-state index in [0.29, 0.717) is 6.42 Å². The Morgan fingerprint density at radius 2 is 1.52 bits per heavy atom. The molecule has 3 heterocycles. The molecule has 0 amide bonds. The lowest BCUT2D eigenvalue weighted by molar-refractivity contribution is -0.312. The number of nitrogens with zero attached hydrogens (tertiary/aromatic N) is 3. The standard InChI is InChI=1S/C35H61N3O12/c1-16-12-18(3)46-32(26(16)40)50-30-20(5)27(49-24-14-33(8,9)29(42)22(7)47-24)21(6)31(43)48-23(15-37-38-36)35(11,45)28(41)19(4)25(39)17(2)13-34(30,10)44/h16-24,26-30,32,40-42,44-45H,12-15H2,1-11H3/t16?,17-,18?,19+,20+,21-,22?,23-,24?,26?,27+,28-,29?,30-,32?,34-,35-/m1/s1. The molecule has 15 nitrogen and oxygen atoms in total. The van der Waals surface area contributed by atoms with Gasteiger partial charge in [0, 0.05) is 29.1 Å². The first-order valence-electron chi connectivity index (χ1n) is 17.8. The number of aliphatic hydroxyl groups excluding tert-OH is 3. The van der Waals surface area contributed by atoms with Crippen molar-refractivity contribution in [2.24, 2.45) is 40.1 Å². The molecular formula is C35H61N3O12. The van der Waals surface area contributed by atoms with Gasteiger partial charge in [0.25, 0.3) is 0 Å². The summed E-state index contributed by atoms with van der Waals surface area (Å²) >= 11 is 0.